The van der Waals surface area contributed by atoms with Crippen molar-refractivity contribution in [2.24, 2.45) is 5.92 Å². The predicted octanol–water partition coefficient (Wildman–Crippen LogP) is -0.0221. The summed E-state index contributed by atoms with van der Waals surface area (Å²) in [6.45, 7) is 4.26. The van der Waals surface area contributed by atoms with E-state index >= 15 is 0 Å². The lowest BCUT2D eigenvalue weighted by Crippen LogP contribution is -2.58. The van der Waals surface area contributed by atoms with E-state index in [1.165, 1.54) is 0 Å². The van der Waals surface area contributed by atoms with Crippen molar-refractivity contribution in [1.29, 1.82) is 0 Å². The molecule has 3 aliphatic heterocycles. The van der Waals surface area contributed by atoms with Crippen LogP contribution in [0.3, 0.4) is 0 Å². The Morgan fingerprint density at radius 1 is 1.16 bits per heavy atom. The van der Waals surface area contributed by atoms with Gasteiger partial charge in [0.25, 0.3) is 0 Å². The number of aromatic nitrogens is 1. The topological polar surface area (TPSA) is 97.9 Å². The van der Waals surface area contributed by atoms with Crippen molar-refractivity contribution in [3.05, 3.63) is 24.4 Å². The molecule has 9 heteroatoms. The molecule has 0 radical (unpaired) electrons. The Kier molecular flexibility index (Phi) is 5.99. The van der Waals surface area contributed by atoms with Crippen LogP contribution < -0.4 is 15.5 Å². The first kappa shape index (κ1) is 21.2. The third-order valence-electron chi connectivity index (χ3n) is 7.21. The van der Waals surface area contributed by atoms with Crippen LogP contribution in [0, 0.1) is 5.92 Å². The molecule has 3 atom stereocenters. The van der Waals surface area contributed by atoms with Gasteiger partial charge in [0.15, 0.2) is 0 Å². The Balaban J connectivity index is 1.10. The average Bonchev–Trinajstić information content (AvgIpc) is 3.59. The van der Waals surface area contributed by atoms with Crippen LogP contribution in [-0.4, -0.2) is 89.9 Å². The van der Waals surface area contributed by atoms with Gasteiger partial charge in [-0.1, -0.05) is 6.07 Å². The van der Waals surface area contributed by atoms with Gasteiger partial charge in [-0.2, -0.15) is 0 Å². The molecule has 172 valence electrons. The number of nitrogens with zero attached hydrogens (tertiary/aromatic N) is 4. The third-order valence-corrected chi connectivity index (χ3v) is 7.21. The molecular weight excluding hydrogens is 408 g/mol. The molecule has 4 aliphatic rings. The summed E-state index contributed by atoms with van der Waals surface area (Å²) < 4.78 is 0. The van der Waals surface area contributed by atoms with Crippen LogP contribution in [-0.2, 0) is 14.4 Å². The van der Waals surface area contributed by atoms with Crippen molar-refractivity contribution in [2.45, 2.75) is 50.2 Å². The zero-order valence-corrected chi connectivity index (χ0v) is 18.4. The Labute approximate surface area is 188 Å². The standard InChI is InChI=1S/C23H32N6O3/c30-21(28-11-9-27(10-12-28)20-3-1-2-8-24-20)7-6-18-14-25-23(32)19-13-17(15-29(18)19)26-22(31)16-4-5-16/h1-3,8,16-19H,4-7,9-15H2,(H,25,32)(H,26,31). The second kappa shape index (κ2) is 9.05. The number of fused-ring (bicyclic) bond motifs is 1. The summed E-state index contributed by atoms with van der Waals surface area (Å²) in [5.41, 5.74) is 0. The first-order valence-electron chi connectivity index (χ1n) is 11.9. The van der Waals surface area contributed by atoms with E-state index in [1.807, 2.05) is 23.1 Å². The lowest BCUT2D eigenvalue weighted by Gasteiger charge is -2.38. The molecule has 3 saturated heterocycles. The molecule has 32 heavy (non-hydrogen) atoms. The minimum atomic E-state index is -0.199. The second-order valence-electron chi connectivity index (χ2n) is 9.42. The smallest absolute Gasteiger partial charge is 0.237 e. The van der Waals surface area contributed by atoms with Crippen molar-refractivity contribution >= 4 is 23.5 Å². The van der Waals surface area contributed by atoms with E-state index in [2.05, 4.69) is 25.4 Å². The predicted molar refractivity (Wildman–Crippen MR) is 119 cm³/mol. The zero-order chi connectivity index (χ0) is 22.1. The molecule has 3 amide bonds. The van der Waals surface area contributed by atoms with E-state index < -0.39 is 0 Å². The molecule has 0 spiro atoms. The summed E-state index contributed by atoms with van der Waals surface area (Å²) in [5, 5.41) is 6.13. The summed E-state index contributed by atoms with van der Waals surface area (Å²) in [7, 11) is 0. The summed E-state index contributed by atoms with van der Waals surface area (Å²) in [5.74, 6) is 1.49. The summed E-state index contributed by atoms with van der Waals surface area (Å²) in [4.78, 5) is 48.2. The maximum absolute atomic E-state index is 12.9. The average molecular weight is 441 g/mol. The lowest BCUT2D eigenvalue weighted by atomic mass is 10.0. The highest BCUT2D eigenvalue weighted by molar-refractivity contribution is 5.84. The number of piperazine rings is 2. The summed E-state index contributed by atoms with van der Waals surface area (Å²) in [6, 6.07) is 5.85. The van der Waals surface area contributed by atoms with Gasteiger partial charge in [-0.25, -0.2) is 4.98 Å². The molecule has 9 nitrogen and oxygen atoms in total. The van der Waals surface area contributed by atoms with Gasteiger partial charge >= 0.3 is 0 Å². The molecule has 2 N–H and O–H groups in total. The molecule has 0 bridgehead atoms. The summed E-state index contributed by atoms with van der Waals surface area (Å²) >= 11 is 0. The largest absolute Gasteiger partial charge is 0.353 e. The normalized spacial score (nSPS) is 28.2. The molecule has 1 saturated carbocycles. The SMILES string of the molecule is O=C(NC1CC2C(=O)NCC(CCC(=O)N3CCN(c4ccccn4)CC3)N2C1)C1CC1. The third kappa shape index (κ3) is 4.57. The van der Waals surface area contributed by atoms with Gasteiger partial charge in [0.05, 0.1) is 6.04 Å². The highest BCUT2D eigenvalue weighted by Gasteiger charge is 2.44. The fourth-order valence-electron chi connectivity index (χ4n) is 5.19. The number of hydrogen-bond acceptors (Lipinski definition) is 6. The highest BCUT2D eigenvalue weighted by atomic mass is 16.2. The molecule has 0 aromatic carbocycles. The maximum Gasteiger partial charge on any atom is 0.237 e. The first-order chi connectivity index (χ1) is 15.6. The van der Waals surface area contributed by atoms with Crippen LogP contribution in [0.1, 0.15) is 32.1 Å². The molecule has 4 heterocycles. The monoisotopic (exact) mass is 440 g/mol. The van der Waals surface area contributed by atoms with Crippen molar-refractivity contribution in [3.8, 4) is 0 Å². The molecular formula is C23H32N6O3. The molecule has 3 unspecified atom stereocenters. The zero-order valence-electron chi connectivity index (χ0n) is 18.4. The van der Waals surface area contributed by atoms with E-state index in [9.17, 15) is 14.4 Å². The number of pyridine rings is 1. The Hall–Kier alpha value is -2.68. The van der Waals surface area contributed by atoms with Gasteiger partial charge in [-0.15, -0.1) is 0 Å². The van der Waals surface area contributed by atoms with Gasteiger partial charge in [0.2, 0.25) is 17.7 Å². The van der Waals surface area contributed by atoms with Gasteiger partial charge in [0, 0.05) is 69.9 Å². The van der Waals surface area contributed by atoms with Crippen LogP contribution in [0.25, 0.3) is 0 Å². The van der Waals surface area contributed by atoms with Gasteiger partial charge in [0.1, 0.15) is 5.82 Å². The van der Waals surface area contributed by atoms with Crippen molar-refractivity contribution in [3.63, 3.8) is 0 Å². The van der Waals surface area contributed by atoms with Crippen LogP contribution in [0.4, 0.5) is 5.82 Å². The van der Waals surface area contributed by atoms with Gasteiger partial charge in [-0.3, -0.25) is 19.3 Å². The number of nitrogens with one attached hydrogen (secondary N) is 2. The van der Waals surface area contributed by atoms with E-state index in [0.717, 1.165) is 38.2 Å². The second-order valence-corrected chi connectivity index (χ2v) is 9.42. The minimum Gasteiger partial charge on any atom is -0.353 e. The molecule has 5 rings (SSSR count). The lowest BCUT2D eigenvalue weighted by molar-refractivity contribution is -0.132. The molecule has 1 aliphatic carbocycles. The van der Waals surface area contributed by atoms with E-state index in [4.69, 9.17) is 0 Å². The fourth-order valence-corrected chi connectivity index (χ4v) is 5.19. The van der Waals surface area contributed by atoms with Gasteiger partial charge < -0.3 is 20.4 Å². The first-order valence-corrected chi connectivity index (χ1v) is 11.9. The maximum atomic E-state index is 12.9. The number of carbonyl (C=O) groups is 3. The van der Waals surface area contributed by atoms with Crippen LogP contribution in [0.2, 0.25) is 0 Å². The highest BCUT2D eigenvalue weighted by Crippen LogP contribution is 2.31. The van der Waals surface area contributed by atoms with E-state index in [0.29, 0.717) is 39.0 Å². The van der Waals surface area contributed by atoms with Crippen molar-refractivity contribution in [2.75, 3.05) is 44.2 Å². The summed E-state index contributed by atoms with van der Waals surface area (Å²) in [6.07, 6.45) is 5.61. The fraction of sp³-hybridized carbons (Fsp3) is 0.652. The quantitative estimate of drug-likeness (QED) is 0.645. The number of anilines is 1. The molecule has 1 aromatic rings. The van der Waals surface area contributed by atoms with Crippen LogP contribution in [0.15, 0.2) is 24.4 Å². The van der Waals surface area contributed by atoms with Crippen LogP contribution >= 0.6 is 0 Å². The number of carbonyl (C=O) groups excluding carboxylic acids is 3. The van der Waals surface area contributed by atoms with Gasteiger partial charge in [-0.05, 0) is 37.8 Å². The Morgan fingerprint density at radius 2 is 1.97 bits per heavy atom. The van der Waals surface area contributed by atoms with Crippen molar-refractivity contribution < 1.29 is 14.4 Å². The minimum absolute atomic E-state index is 0.0230. The van der Waals surface area contributed by atoms with Crippen molar-refractivity contribution in [1.82, 2.24) is 25.4 Å². The van der Waals surface area contributed by atoms with E-state index in [-0.39, 0.29) is 41.8 Å². The number of hydrogen-bond donors (Lipinski definition) is 2. The Bertz CT molecular complexity index is 853. The Morgan fingerprint density at radius 3 is 2.69 bits per heavy atom. The number of amides is 3. The number of rotatable bonds is 6. The molecule has 4 fully saturated rings. The van der Waals surface area contributed by atoms with Crippen LogP contribution in [0.5, 0.6) is 0 Å². The van der Waals surface area contributed by atoms with E-state index in [1.54, 1.807) is 6.20 Å². The molecule has 1 aromatic heterocycles.